The van der Waals surface area contributed by atoms with Gasteiger partial charge in [0.25, 0.3) is 10.1 Å². The molecule has 30 heavy (non-hydrogen) atoms. The third kappa shape index (κ3) is 3.85. The summed E-state index contributed by atoms with van der Waals surface area (Å²) in [6.07, 6.45) is 6.29. The van der Waals surface area contributed by atoms with Gasteiger partial charge in [0, 0.05) is 19.6 Å². The molecule has 0 radical (unpaired) electrons. The van der Waals surface area contributed by atoms with Crippen LogP contribution in [0.5, 0.6) is 0 Å². The predicted octanol–water partition coefficient (Wildman–Crippen LogP) is 1.90. The fourth-order valence-electron chi connectivity index (χ4n) is 4.51. The molecular formula is C19H29N5O5S. The Kier molecular flexibility index (Phi) is 5.86. The van der Waals surface area contributed by atoms with Crippen molar-refractivity contribution in [3.05, 3.63) is 11.5 Å². The number of hydrogen-bond acceptors (Lipinski definition) is 7. The zero-order valence-corrected chi connectivity index (χ0v) is 18.5. The number of fused-ring (bicyclic) bond motifs is 3. The number of amides is 2. The van der Waals surface area contributed by atoms with Crippen molar-refractivity contribution in [2.75, 3.05) is 38.0 Å². The summed E-state index contributed by atoms with van der Waals surface area (Å²) in [5.74, 6) is 2.43. The number of amidine groups is 1. The molecule has 1 aromatic rings. The van der Waals surface area contributed by atoms with Gasteiger partial charge in [-0.05, 0) is 19.3 Å². The molecule has 1 unspecified atom stereocenters. The van der Waals surface area contributed by atoms with E-state index in [2.05, 4.69) is 4.99 Å². The number of aliphatic imine (C=N–C) groups is 1. The minimum Gasteiger partial charge on any atom is -0.364 e. The number of carbonyl (C=O) groups excluding carboxylic acids is 1. The monoisotopic (exact) mass is 439 g/mol. The predicted molar refractivity (Wildman–Crippen MR) is 111 cm³/mol. The van der Waals surface area contributed by atoms with Crippen LogP contribution >= 0.6 is 0 Å². The van der Waals surface area contributed by atoms with Gasteiger partial charge in [-0.15, -0.1) is 0 Å². The molecule has 1 fully saturated rings. The van der Waals surface area contributed by atoms with Crippen LogP contribution in [-0.4, -0.2) is 73.8 Å². The first-order valence-electron chi connectivity index (χ1n) is 10.4. The zero-order chi connectivity index (χ0) is 21.5. The summed E-state index contributed by atoms with van der Waals surface area (Å²) in [4.78, 5) is 26.2. The minimum absolute atomic E-state index is 0.0941. The molecule has 0 N–H and O–H groups in total. The number of imidazole rings is 1. The van der Waals surface area contributed by atoms with E-state index in [4.69, 9.17) is 13.9 Å². The standard InChI is InChI=1S/C19H29N5O5S/c1-4-9-22-18-15(24(12-28-2)16(21-18)13-7-5-6-8-13)17-20-14(10-23(17)19(22)25)11-29-30(3,26)27/h13-14H,4-12H2,1-3H3. The highest BCUT2D eigenvalue weighted by Gasteiger charge is 2.44. The van der Waals surface area contributed by atoms with Crippen LogP contribution in [0, 0.1) is 0 Å². The SMILES string of the molecule is CCCN1C(=O)N2CC(COS(C)(=O)=O)N=C2c2c1nc(C1CCCC1)n2COC. The van der Waals surface area contributed by atoms with E-state index in [1.807, 2.05) is 11.5 Å². The number of nitrogens with zero attached hydrogens (tertiary/aromatic N) is 5. The van der Waals surface area contributed by atoms with E-state index < -0.39 is 16.2 Å². The van der Waals surface area contributed by atoms with E-state index in [-0.39, 0.29) is 19.2 Å². The molecule has 1 aliphatic carbocycles. The fourth-order valence-corrected chi connectivity index (χ4v) is 4.92. The lowest BCUT2D eigenvalue weighted by atomic mass is 10.1. The van der Waals surface area contributed by atoms with E-state index in [1.165, 1.54) is 12.8 Å². The van der Waals surface area contributed by atoms with Gasteiger partial charge in [0.15, 0.2) is 11.7 Å². The van der Waals surface area contributed by atoms with Crippen LogP contribution in [0.25, 0.3) is 0 Å². The molecule has 1 saturated carbocycles. The highest BCUT2D eigenvalue weighted by Crippen LogP contribution is 2.39. The second-order valence-corrected chi connectivity index (χ2v) is 9.75. The van der Waals surface area contributed by atoms with Gasteiger partial charge in [-0.3, -0.25) is 23.5 Å². The van der Waals surface area contributed by atoms with Crippen molar-refractivity contribution >= 4 is 27.8 Å². The maximum absolute atomic E-state index is 13.2. The van der Waals surface area contributed by atoms with E-state index in [0.29, 0.717) is 30.8 Å². The Bertz CT molecular complexity index is 951. The summed E-state index contributed by atoms with van der Waals surface area (Å²) < 4.78 is 35.3. The number of methoxy groups -OCH3 is 1. The second kappa shape index (κ2) is 8.27. The van der Waals surface area contributed by atoms with Crippen molar-refractivity contribution in [1.29, 1.82) is 0 Å². The Morgan fingerprint density at radius 1 is 1.23 bits per heavy atom. The Balaban J connectivity index is 1.78. The summed E-state index contributed by atoms with van der Waals surface area (Å²) >= 11 is 0. The summed E-state index contributed by atoms with van der Waals surface area (Å²) in [6.45, 7) is 3.07. The van der Waals surface area contributed by atoms with Crippen LogP contribution in [0.2, 0.25) is 0 Å². The number of hydrogen-bond donors (Lipinski definition) is 0. The second-order valence-electron chi connectivity index (χ2n) is 8.11. The maximum atomic E-state index is 13.2. The molecule has 166 valence electrons. The molecule has 10 nitrogen and oxygen atoms in total. The van der Waals surface area contributed by atoms with Gasteiger partial charge >= 0.3 is 6.03 Å². The van der Waals surface area contributed by atoms with Crippen molar-refractivity contribution < 1.29 is 22.1 Å². The smallest absolute Gasteiger partial charge is 0.331 e. The number of aromatic nitrogens is 2. The average molecular weight is 440 g/mol. The van der Waals surface area contributed by atoms with Crippen molar-refractivity contribution in [1.82, 2.24) is 14.5 Å². The first-order valence-corrected chi connectivity index (χ1v) is 12.3. The molecule has 0 bridgehead atoms. The molecule has 4 rings (SSSR count). The Labute approximate surface area is 177 Å². The topological polar surface area (TPSA) is 106 Å². The quantitative estimate of drug-likeness (QED) is 0.573. The van der Waals surface area contributed by atoms with Gasteiger partial charge in [0.2, 0.25) is 0 Å². The van der Waals surface area contributed by atoms with Crippen molar-refractivity contribution in [3.8, 4) is 0 Å². The van der Waals surface area contributed by atoms with E-state index in [9.17, 15) is 13.2 Å². The van der Waals surface area contributed by atoms with E-state index >= 15 is 0 Å². The van der Waals surface area contributed by atoms with Crippen LogP contribution in [0.15, 0.2) is 4.99 Å². The van der Waals surface area contributed by atoms with Crippen LogP contribution in [0.4, 0.5) is 10.6 Å². The Morgan fingerprint density at radius 3 is 2.60 bits per heavy atom. The maximum Gasteiger partial charge on any atom is 0.331 e. The van der Waals surface area contributed by atoms with Crippen molar-refractivity contribution in [3.63, 3.8) is 0 Å². The number of carbonyl (C=O) groups is 1. The average Bonchev–Trinajstić information content (AvgIpc) is 3.41. The highest BCUT2D eigenvalue weighted by molar-refractivity contribution is 7.85. The van der Waals surface area contributed by atoms with Crippen LogP contribution in [0.1, 0.15) is 56.5 Å². The molecule has 2 aliphatic heterocycles. The molecule has 11 heteroatoms. The zero-order valence-electron chi connectivity index (χ0n) is 17.7. The number of rotatable bonds is 8. The van der Waals surface area contributed by atoms with Gasteiger partial charge in [0.1, 0.15) is 18.2 Å². The lowest BCUT2D eigenvalue weighted by Gasteiger charge is -2.33. The number of urea groups is 1. The van der Waals surface area contributed by atoms with E-state index in [0.717, 1.165) is 37.0 Å². The molecule has 3 aliphatic rings. The third-order valence-electron chi connectivity index (χ3n) is 5.76. The number of anilines is 1. The largest absolute Gasteiger partial charge is 0.364 e. The van der Waals surface area contributed by atoms with Crippen molar-refractivity contribution in [2.45, 2.75) is 57.7 Å². The molecule has 3 heterocycles. The molecule has 1 aromatic heterocycles. The molecule has 0 saturated heterocycles. The van der Waals surface area contributed by atoms with Gasteiger partial charge < -0.3 is 4.74 Å². The summed E-state index contributed by atoms with van der Waals surface area (Å²) in [6, 6.07) is -0.626. The lowest BCUT2D eigenvalue weighted by molar-refractivity contribution is 0.126. The Hall–Kier alpha value is -1.98. The van der Waals surface area contributed by atoms with Crippen LogP contribution in [-0.2, 0) is 25.8 Å². The molecule has 0 spiro atoms. The molecular weight excluding hydrogens is 410 g/mol. The van der Waals surface area contributed by atoms with Crippen LogP contribution < -0.4 is 4.90 Å². The normalized spacial score (nSPS) is 21.9. The molecule has 2 amide bonds. The van der Waals surface area contributed by atoms with Crippen molar-refractivity contribution in [2.24, 2.45) is 4.99 Å². The first kappa shape index (κ1) is 21.3. The lowest BCUT2D eigenvalue weighted by Crippen LogP contribution is -2.51. The Morgan fingerprint density at radius 2 is 1.97 bits per heavy atom. The summed E-state index contributed by atoms with van der Waals surface area (Å²) in [7, 11) is -1.94. The first-order chi connectivity index (χ1) is 14.3. The molecule has 1 atom stereocenters. The van der Waals surface area contributed by atoms with Gasteiger partial charge in [-0.1, -0.05) is 19.8 Å². The van der Waals surface area contributed by atoms with Gasteiger partial charge in [-0.25, -0.2) is 9.78 Å². The molecule has 0 aromatic carbocycles. The fraction of sp³-hybridized carbons (Fsp3) is 0.737. The summed E-state index contributed by atoms with van der Waals surface area (Å²) in [5, 5.41) is 0. The highest BCUT2D eigenvalue weighted by atomic mass is 32.2. The van der Waals surface area contributed by atoms with Gasteiger partial charge in [-0.2, -0.15) is 8.42 Å². The minimum atomic E-state index is -3.58. The third-order valence-corrected chi connectivity index (χ3v) is 6.33. The number of ether oxygens (including phenoxy) is 1. The van der Waals surface area contributed by atoms with Gasteiger partial charge in [0.05, 0.1) is 25.4 Å². The van der Waals surface area contributed by atoms with Crippen LogP contribution in [0.3, 0.4) is 0 Å². The van der Waals surface area contributed by atoms with E-state index in [1.54, 1.807) is 16.9 Å². The summed E-state index contributed by atoms with van der Waals surface area (Å²) in [5.41, 5.74) is 0.772.